The second-order valence-electron chi connectivity index (χ2n) is 4.30. The van der Waals surface area contributed by atoms with E-state index in [2.05, 4.69) is 4.74 Å². The van der Waals surface area contributed by atoms with Crippen molar-refractivity contribution in [3.05, 3.63) is 36.0 Å². The number of nitrogens with zero attached hydrogens (tertiary/aromatic N) is 1. The molecule has 0 fully saturated rings. The highest BCUT2D eigenvalue weighted by Gasteiger charge is 2.18. The third kappa shape index (κ3) is 3.99. The molecular weight excluding hydrogens is 282 g/mol. The van der Waals surface area contributed by atoms with Crippen molar-refractivity contribution < 1.29 is 23.1 Å². The number of phenolic OH excluding ortho intramolecular Hbond substituents is 1. The second kappa shape index (κ2) is 6.42. The van der Waals surface area contributed by atoms with Gasteiger partial charge in [0.15, 0.2) is 9.84 Å². The SMILES string of the molecule is COC(=O)c1cc(S(=O)(=O)CC=CN(C)C)ccc1O. The van der Waals surface area contributed by atoms with Crippen molar-refractivity contribution >= 4 is 15.8 Å². The van der Waals surface area contributed by atoms with Crippen LogP contribution in [0.15, 0.2) is 35.4 Å². The lowest BCUT2D eigenvalue weighted by Gasteiger charge is -2.07. The number of methoxy groups -OCH3 is 1. The Bertz CT molecular complexity index is 620. The van der Waals surface area contributed by atoms with Gasteiger partial charge in [-0.3, -0.25) is 0 Å². The van der Waals surface area contributed by atoms with Gasteiger partial charge in [-0.2, -0.15) is 0 Å². The molecule has 0 saturated carbocycles. The molecule has 0 aliphatic carbocycles. The van der Waals surface area contributed by atoms with Crippen molar-refractivity contribution in [2.75, 3.05) is 27.0 Å². The van der Waals surface area contributed by atoms with E-state index in [0.29, 0.717) is 0 Å². The lowest BCUT2D eigenvalue weighted by Crippen LogP contribution is -2.09. The molecule has 6 nitrogen and oxygen atoms in total. The first-order chi connectivity index (χ1) is 9.27. The normalized spacial score (nSPS) is 11.6. The highest BCUT2D eigenvalue weighted by molar-refractivity contribution is 7.91. The smallest absolute Gasteiger partial charge is 0.341 e. The number of rotatable bonds is 5. The average molecular weight is 299 g/mol. The number of aromatic hydroxyl groups is 1. The number of phenols is 1. The van der Waals surface area contributed by atoms with Gasteiger partial charge in [0, 0.05) is 14.1 Å². The standard InChI is InChI=1S/C13H17NO5S/c1-14(2)7-4-8-20(17,18)10-5-6-12(15)11(9-10)13(16)19-3/h4-7,9,15H,8H2,1-3H3. The Labute approximate surface area is 118 Å². The van der Waals surface area contributed by atoms with Crippen LogP contribution in [0.25, 0.3) is 0 Å². The van der Waals surface area contributed by atoms with E-state index < -0.39 is 15.8 Å². The van der Waals surface area contributed by atoms with E-state index in [1.54, 1.807) is 25.2 Å². The van der Waals surface area contributed by atoms with Crippen LogP contribution in [-0.2, 0) is 14.6 Å². The van der Waals surface area contributed by atoms with Crippen molar-refractivity contribution in [3.8, 4) is 5.75 Å². The fourth-order valence-electron chi connectivity index (χ4n) is 1.46. The maximum absolute atomic E-state index is 12.1. The molecule has 1 aromatic rings. The quantitative estimate of drug-likeness (QED) is 0.818. The third-order valence-electron chi connectivity index (χ3n) is 2.45. The Hall–Kier alpha value is -2.02. The maximum atomic E-state index is 12.1. The van der Waals surface area contributed by atoms with Gasteiger partial charge in [-0.05, 0) is 24.4 Å². The minimum Gasteiger partial charge on any atom is -0.507 e. The predicted octanol–water partition coefficient (Wildman–Crippen LogP) is 1.03. The van der Waals surface area contributed by atoms with Gasteiger partial charge >= 0.3 is 5.97 Å². The third-order valence-corrected chi connectivity index (χ3v) is 4.06. The van der Waals surface area contributed by atoms with Crippen molar-refractivity contribution in [3.63, 3.8) is 0 Å². The summed E-state index contributed by atoms with van der Waals surface area (Å²) in [6.07, 6.45) is 3.12. The summed E-state index contributed by atoms with van der Waals surface area (Å²) in [5.74, 6) is -1.31. The number of hydrogen-bond donors (Lipinski definition) is 1. The molecule has 110 valence electrons. The van der Waals surface area contributed by atoms with Gasteiger partial charge in [-0.25, -0.2) is 13.2 Å². The second-order valence-corrected chi connectivity index (χ2v) is 6.33. The zero-order valence-electron chi connectivity index (χ0n) is 11.5. The van der Waals surface area contributed by atoms with E-state index in [9.17, 15) is 18.3 Å². The monoisotopic (exact) mass is 299 g/mol. The molecule has 0 saturated heterocycles. The van der Waals surface area contributed by atoms with Crippen molar-refractivity contribution in [2.45, 2.75) is 4.90 Å². The first kappa shape index (κ1) is 16.0. The van der Waals surface area contributed by atoms with Crippen LogP contribution >= 0.6 is 0 Å². The van der Waals surface area contributed by atoms with E-state index in [1.165, 1.54) is 12.1 Å². The summed E-state index contributed by atoms with van der Waals surface area (Å²) in [5.41, 5.74) is -0.176. The van der Waals surface area contributed by atoms with Crippen molar-refractivity contribution in [1.82, 2.24) is 4.90 Å². The molecule has 0 radical (unpaired) electrons. The Morgan fingerprint density at radius 1 is 1.40 bits per heavy atom. The van der Waals surface area contributed by atoms with E-state index in [1.807, 2.05) is 0 Å². The molecule has 0 heterocycles. The zero-order valence-corrected chi connectivity index (χ0v) is 12.3. The maximum Gasteiger partial charge on any atom is 0.341 e. The minimum atomic E-state index is -3.57. The fraction of sp³-hybridized carbons (Fsp3) is 0.308. The van der Waals surface area contributed by atoms with Crippen LogP contribution in [0.2, 0.25) is 0 Å². The molecule has 7 heteroatoms. The molecule has 20 heavy (non-hydrogen) atoms. The van der Waals surface area contributed by atoms with Crippen LogP contribution in [0, 0.1) is 0 Å². The fourth-order valence-corrected chi connectivity index (χ4v) is 2.56. The lowest BCUT2D eigenvalue weighted by atomic mass is 10.2. The average Bonchev–Trinajstić information content (AvgIpc) is 2.37. The molecule has 1 rings (SSSR count). The summed E-state index contributed by atoms with van der Waals surface area (Å²) in [6, 6.07) is 3.52. The molecule has 1 aromatic carbocycles. The predicted molar refractivity (Wildman–Crippen MR) is 74.3 cm³/mol. The summed E-state index contributed by atoms with van der Waals surface area (Å²) in [5, 5.41) is 9.53. The molecule has 0 amide bonds. The molecule has 0 unspecified atom stereocenters. The molecule has 0 aromatic heterocycles. The van der Waals surface area contributed by atoms with Gasteiger partial charge in [0.05, 0.1) is 17.8 Å². The molecular formula is C13H17NO5S. The summed E-state index contributed by atoms with van der Waals surface area (Å²) in [4.78, 5) is 13.1. The molecule has 0 aliphatic heterocycles. The highest BCUT2D eigenvalue weighted by Crippen LogP contribution is 2.22. The number of hydrogen-bond acceptors (Lipinski definition) is 6. The molecule has 0 aliphatic rings. The Kier molecular flexibility index (Phi) is 5.15. The van der Waals surface area contributed by atoms with Gasteiger partial charge in [0.2, 0.25) is 0 Å². The van der Waals surface area contributed by atoms with E-state index >= 15 is 0 Å². The Morgan fingerprint density at radius 2 is 2.05 bits per heavy atom. The van der Waals surface area contributed by atoms with Gasteiger partial charge in [-0.15, -0.1) is 0 Å². The molecule has 0 spiro atoms. The number of benzene rings is 1. The first-order valence-corrected chi connectivity index (χ1v) is 7.40. The van der Waals surface area contributed by atoms with Crippen LogP contribution in [0.3, 0.4) is 0 Å². The summed E-state index contributed by atoms with van der Waals surface area (Å²) in [6.45, 7) is 0. The number of carbonyl (C=O) groups is 1. The number of esters is 1. The molecule has 0 atom stereocenters. The number of ether oxygens (including phenoxy) is 1. The largest absolute Gasteiger partial charge is 0.507 e. The Balaban J connectivity index is 3.10. The van der Waals surface area contributed by atoms with Crippen LogP contribution in [0.1, 0.15) is 10.4 Å². The van der Waals surface area contributed by atoms with Gasteiger partial charge in [-0.1, -0.05) is 6.08 Å². The van der Waals surface area contributed by atoms with Crippen molar-refractivity contribution in [1.29, 1.82) is 0 Å². The first-order valence-electron chi connectivity index (χ1n) is 5.75. The highest BCUT2D eigenvalue weighted by atomic mass is 32.2. The summed E-state index contributed by atoms with van der Waals surface area (Å²) >= 11 is 0. The minimum absolute atomic E-state index is 0.0425. The Morgan fingerprint density at radius 3 is 2.60 bits per heavy atom. The lowest BCUT2D eigenvalue weighted by molar-refractivity contribution is 0.0597. The van der Waals surface area contributed by atoms with Crippen LogP contribution in [0.4, 0.5) is 0 Å². The van der Waals surface area contributed by atoms with E-state index in [-0.39, 0.29) is 22.0 Å². The molecule has 1 N–H and O–H groups in total. The van der Waals surface area contributed by atoms with E-state index in [0.717, 1.165) is 19.2 Å². The van der Waals surface area contributed by atoms with Crippen LogP contribution in [-0.4, -0.2) is 51.4 Å². The number of carbonyl (C=O) groups excluding carboxylic acids is 1. The van der Waals surface area contributed by atoms with Crippen LogP contribution in [0.5, 0.6) is 5.75 Å². The van der Waals surface area contributed by atoms with E-state index in [4.69, 9.17) is 0 Å². The number of sulfone groups is 1. The van der Waals surface area contributed by atoms with Gasteiger partial charge in [0.25, 0.3) is 0 Å². The van der Waals surface area contributed by atoms with Crippen LogP contribution < -0.4 is 0 Å². The van der Waals surface area contributed by atoms with Gasteiger partial charge in [0.1, 0.15) is 11.3 Å². The zero-order chi connectivity index (χ0) is 15.3. The van der Waals surface area contributed by atoms with Crippen molar-refractivity contribution in [2.24, 2.45) is 0 Å². The van der Waals surface area contributed by atoms with Gasteiger partial charge < -0.3 is 14.7 Å². The molecule has 0 bridgehead atoms. The summed E-state index contributed by atoms with van der Waals surface area (Å²) in [7, 11) is 1.14. The topological polar surface area (TPSA) is 83.9 Å². The summed E-state index contributed by atoms with van der Waals surface area (Å²) < 4.78 is 28.7.